The lowest BCUT2D eigenvalue weighted by Crippen LogP contribution is -2.50. The van der Waals surface area contributed by atoms with Crippen molar-refractivity contribution in [3.05, 3.63) is 0 Å². The third-order valence-electron chi connectivity index (χ3n) is 4.38. The lowest BCUT2D eigenvalue weighted by molar-refractivity contribution is 0.408. The summed E-state index contributed by atoms with van der Waals surface area (Å²) in [5.74, 6) is 0. The van der Waals surface area contributed by atoms with Crippen LogP contribution in [0.2, 0.25) is 0 Å². The Labute approximate surface area is 139 Å². The van der Waals surface area contributed by atoms with Crippen molar-refractivity contribution in [1.29, 1.82) is 0 Å². The maximum Gasteiger partial charge on any atom is 0.278 e. The molecule has 4 N–H and O–H groups in total. The number of rotatable bonds is 8. The lowest BCUT2D eigenvalue weighted by atomic mass is 9.96. The first-order chi connectivity index (χ1) is 10.9. The molecule has 8 nitrogen and oxygen atoms in total. The number of hydrogen-bond donors (Lipinski definition) is 4. The van der Waals surface area contributed by atoms with Crippen molar-refractivity contribution in [1.82, 2.24) is 18.9 Å². The maximum atomic E-state index is 11.9. The van der Waals surface area contributed by atoms with Crippen LogP contribution in [0.5, 0.6) is 0 Å². The maximum absolute atomic E-state index is 11.9. The fourth-order valence-electron chi connectivity index (χ4n) is 3.18. The Kier molecular flexibility index (Phi) is 7.23. The summed E-state index contributed by atoms with van der Waals surface area (Å²) in [6.07, 6.45) is 9.67. The highest BCUT2D eigenvalue weighted by molar-refractivity contribution is 7.88. The van der Waals surface area contributed by atoms with Crippen LogP contribution in [0, 0.1) is 0 Å². The summed E-state index contributed by atoms with van der Waals surface area (Å²) in [5, 5.41) is 0. The molecule has 0 unspecified atom stereocenters. The van der Waals surface area contributed by atoms with Crippen molar-refractivity contribution in [2.45, 2.75) is 76.3 Å². The van der Waals surface area contributed by atoms with E-state index in [-0.39, 0.29) is 18.8 Å². The van der Waals surface area contributed by atoms with Crippen LogP contribution < -0.4 is 18.9 Å². The Morgan fingerprint density at radius 3 is 1.30 bits per heavy atom. The van der Waals surface area contributed by atoms with Crippen molar-refractivity contribution >= 4 is 20.4 Å². The van der Waals surface area contributed by atoms with Gasteiger partial charge in [0.15, 0.2) is 0 Å². The third-order valence-corrected chi connectivity index (χ3v) is 6.71. The van der Waals surface area contributed by atoms with Crippen molar-refractivity contribution in [3.63, 3.8) is 0 Å². The zero-order chi connectivity index (χ0) is 16.8. The predicted octanol–water partition coefficient (Wildman–Crippen LogP) is 0.457. The minimum atomic E-state index is -3.69. The first-order valence-corrected chi connectivity index (χ1v) is 11.4. The molecule has 0 heterocycles. The van der Waals surface area contributed by atoms with Gasteiger partial charge in [0.05, 0.1) is 6.67 Å². The van der Waals surface area contributed by atoms with E-state index in [1.54, 1.807) is 0 Å². The minimum Gasteiger partial charge on any atom is -0.199 e. The molecule has 0 atom stereocenters. The number of nitrogens with one attached hydrogen (secondary N) is 4. The summed E-state index contributed by atoms with van der Waals surface area (Å²) in [6, 6.07) is -0.114. The summed E-state index contributed by atoms with van der Waals surface area (Å²) in [5.41, 5.74) is 0. The van der Waals surface area contributed by atoms with Gasteiger partial charge in [-0.3, -0.25) is 0 Å². The van der Waals surface area contributed by atoms with E-state index < -0.39 is 20.4 Å². The van der Waals surface area contributed by atoms with Crippen LogP contribution in [0.4, 0.5) is 0 Å². The van der Waals surface area contributed by atoms with Crippen LogP contribution in [-0.2, 0) is 20.4 Å². The molecule has 2 aliphatic carbocycles. The fourth-order valence-corrected chi connectivity index (χ4v) is 5.31. The van der Waals surface area contributed by atoms with E-state index in [0.29, 0.717) is 0 Å². The summed E-state index contributed by atoms with van der Waals surface area (Å²) in [7, 11) is -7.38. The van der Waals surface area contributed by atoms with Gasteiger partial charge in [0.25, 0.3) is 20.4 Å². The Bertz CT molecular complexity index is 503. The summed E-state index contributed by atoms with van der Waals surface area (Å²) >= 11 is 0. The van der Waals surface area contributed by atoms with Gasteiger partial charge in [-0.1, -0.05) is 38.5 Å². The highest BCUT2D eigenvalue weighted by Gasteiger charge is 2.22. The quantitative estimate of drug-likeness (QED) is 0.466. The van der Waals surface area contributed by atoms with Gasteiger partial charge in [-0.05, 0) is 25.7 Å². The molecule has 2 fully saturated rings. The van der Waals surface area contributed by atoms with Crippen molar-refractivity contribution in [2.24, 2.45) is 0 Å². The Morgan fingerprint density at radius 2 is 0.957 bits per heavy atom. The second kappa shape index (κ2) is 8.72. The SMILES string of the molecule is O=S(=O)(NCNS(=O)(=O)NC1CCCCC1)NC1CCCCC1. The van der Waals surface area contributed by atoms with E-state index in [1.807, 2.05) is 0 Å². The standard InChI is InChI=1S/C13H28N4O4S2/c18-22(19,16-12-7-3-1-4-8-12)14-11-15-23(20,21)17-13-9-5-2-6-10-13/h12-17H,1-11H2. The Morgan fingerprint density at radius 1 is 0.609 bits per heavy atom. The van der Waals surface area contributed by atoms with E-state index >= 15 is 0 Å². The number of hydrogen-bond acceptors (Lipinski definition) is 4. The minimum absolute atomic E-state index is 0.0572. The van der Waals surface area contributed by atoms with Gasteiger partial charge in [-0.2, -0.15) is 35.7 Å². The average molecular weight is 369 g/mol. The van der Waals surface area contributed by atoms with Gasteiger partial charge in [0.2, 0.25) is 0 Å². The van der Waals surface area contributed by atoms with Gasteiger partial charge in [0, 0.05) is 12.1 Å². The molecule has 136 valence electrons. The lowest BCUT2D eigenvalue weighted by Gasteiger charge is -2.23. The smallest absolute Gasteiger partial charge is 0.199 e. The zero-order valence-corrected chi connectivity index (χ0v) is 15.0. The first-order valence-electron chi connectivity index (χ1n) is 8.40. The van der Waals surface area contributed by atoms with E-state index in [9.17, 15) is 16.8 Å². The van der Waals surface area contributed by atoms with E-state index in [1.165, 1.54) is 0 Å². The molecule has 0 amide bonds. The molecule has 0 aliphatic heterocycles. The molecule has 23 heavy (non-hydrogen) atoms. The molecule has 2 aliphatic rings. The van der Waals surface area contributed by atoms with Crippen molar-refractivity contribution in [3.8, 4) is 0 Å². The fraction of sp³-hybridized carbons (Fsp3) is 1.00. The molecular formula is C13H28N4O4S2. The Hall–Kier alpha value is -0.260. The second-order valence-corrected chi connectivity index (χ2v) is 9.44. The summed E-state index contributed by atoms with van der Waals surface area (Å²) in [6.45, 7) is -0.357. The molecule has 0 saturated heterocycles. The van der Waals surface area contributed by atoms with Gasteiger partial charge >= 0.3 is 0 Å². The average Bonchev–Trinajstić information content (AvgIpc) is 2.47. The van der Waals surface area contributed by atoms with Gasteiger partial charge < -0.3 is 0 Å². The highest BCUT2D eigenvalue weighted by Crippen LogP contribution is 2.18. The van der Waals surface area contributed by atoms with Crippen LogP contribution in [0.15, 0.2) is 0 Å². The molecule has 2 saturated carbocycles. The van der Waals surface area contributed by atoms with E-state index in [4.69, 9.17) is 0 Å². The monoisotopic (exact) mass is 368 g/mol. The van der Waals surface area contributed by atoms with Crippen LogP contribution >= 0.6 is 0 Å². The van der Waals surface area contributed by atoms with Crippen LogP contribution in [0.3, 0.4) is 0 Å². The van der Waals surface area contributed by atoms with Crippen LogP contribution in [0.1, 0.15) is 64.2 Å². The molecule has 0 bridgehead atoms. The van der Waals surface area contributed by atoms with Crippen molar-refractivity contribution < 1.29 is 16.8 Å². The molecule has 0 spiro atoms. The topological polar surface area (TPSA) is 116 Å². The van der Waals surface area contributed by atoms with E-state index in [0.717, 1.165) is 64.2 Å². The van der Waals surface area contributed by atoms with Crippen LogP contribution in [0.25, 0.3) is 0 Å². The molecule has 10 heteroatoms. The first kappa shape index (κ1) is 19.1. The summed E-state index contributed by atoms with van der Waals surface area (Å²) in [4.78, 5) is 0. The van der Waals surface area contributed by atoms with Gasteiger partial charge in [-0.15, -0.1) is 0 Å². The molecule has 0 aromatic carbocycles. The molecule has 0 radical (unpaired) electrons. The Balaban J connectivity index is 1.71. The second-order valence-electron chi connectivity index (χ2n) is 6.38. The molecule has 0 aromatic rings. The van der Waals surface area contributed by atoms with Crippen LogP contribution in [-0.4, -0.2) is 35.6 Å². The largest absolute Gasteiger partial charge is 0.278 e. The van der Waals surface area contributed by atoms with E-state index in [2.05, 4.69) is 18.9 Å². The highest BCUT2D eigenvalue weighted by atomic mass is 32.2. The predicted molar refractivity (Wildman–Crippen MR) is 89.0 cm³/mol. The normalized spacial score (nSPS) is 22.3. The summed E-state index contributed by atoms with van der Waals surface area (Å²) < 4.78 is 57.2. The van der Waals surface area contributed by atoms with Gasteiger partial charge in [-0.25, -0.2) is 0 Å². The molecular weight excluding hydrogens is 340 g/mol. The van der Waals surface area contributed by atoms with Gasteiger partial charge in [0.1, 0.15) is 0 Å². The van der Waals surface area contributed by atoms with Crippen molar-refractivity contribution in [2.75, 3.05) is 6.67 Å². The third kappa shape index (κ3) is 7.44. The molecule has 2 rings (SSSR count). The molecule has 0 aromatic heterocycles. The zero-order valence-electron chi connectivity index (χ0n) is 13.4.